The van der Waals surface area contributed by atoms with Crippen molar-refractivity contribution in [1.82, 2.24) is 4.90 Å². The molecule has 1 N–H and O–H groups in total. The number of amides is 4. The molecule has 0 saturated heterocycles. The van der Waals surface area contributed by atoms with Gasteiger partial charge in [0, 0.05) is 16.1 Å². The molecule has 8 heteroatoms. The fraction of sp³-hybridized carbons (Fsp3) is 0.185. The number of urea groups is 1. The standard InChI is InChI=1S/C27H22FN3O3S/c1-2-17-9-13-20(14-10-17)29-23(32)16-30-24-21-5-3-4-6-22(21)35-25(24)26(33)31(27(30)34)15-18-7-11-19(28)12-8-18/h3-14,25H,2,15-16H2,1H3/p+1. The molecule has 0 fully saturated rings. The summed E-state index contributed by atoms with van der Waals surface area (Å²) in [5, 5.41) is 2.21. The van der Waals surface area contributed by atoms with Gasteiger partial charge in [-0.2, -0.15) is 14.3 Å². The van der Waals surface area contributed by atoms with Crippen molar-refractivity contribution in [2.45, 2.75) is 30.0 Å². The van der Waals surface area contributed by atoms with Crippen molar-refractivity contribution < 1.29 is 23.3 Å². The van der Waals surface area contributed by atoms with E-state index in [9.17, 15) is 18.8 Å². The fourth-order valence-electron chi connectivity index (χ4n) is 4.28. The predicted octanol–water partition coefficient (Wildman–Crippen LogP) is 4.47. The Kier molecular flexibility index (Phi) is 6.21. The van der Waals surface area contributed by atoms with Crippen LogP contribution in [0.15, 0.2) is 77.7 Å². The van der Waals surface area contributed by atoms with Gasteiger partial charge >= 0.3 is 11.9 Å². The molecule has 0 aromatic heterocycles. The van der Waals surface area contributed by atoms with Gasteiger partial charge in [-0.25, -0.2) is 9.18 Å². The number of carbonyl (C=O) groups is 3. The van der Waals surface area contributed by atoms with Gasteiger partial charge in [-0.05, 0) is 53.9 Å². The molecule has 0 spiro atoms. The zero-order chi connectivity index (χ0) is 24.5. The molecule has 1 unspecified atom stereocenters. The highest BCUT2D eigenvalue weighted by molar-refractivity contribution is 8.02. The van der Waals surface area contributed by atoms with Crippen molar-refractivity contribution in [2.24, 2.45) is 0 Å². The van der Waals surface area contributed by atoms with Crippen molar-refractivity contribution >= 4 is 41.0 Å². The number of nitrogens with zero attached hydrogens (tertiary/aromatic N) is 2. The third kappa shape index (κ3) is 4.49. The highest BCUT2D eigenvalue weighted by Gasteiger charge is 2.52. The SMILES string of the molecule is CCc1ccc(NC(=O)C[N+]2=C3c4ccccc4SC3C(=O)N(Cc3ccc(F)cc3)C2=O)cc1. The summed E-state index contributed by atoms with van der Waals surface area (Å²) in [6, 6.07) is 20.1. The number of halogens is 1. The molecule has 0 bridgehead atoms. The Balaban J connectivity index is 1.47. The molecule has 3 aromatic carbocycles. The maximum absolute atomic E-state index is 13.6. The number of anilines is 1. The number of hydrogen-bond acceptors (Lipinski definition) is 4. The number of fused-ring (bicyclic) bond motifs is 3. The van der Waals surface area contributed by atoms with Gasteiger partial charge in [-0.15, -0.1) is 11.8 Å². The van der Waals surface area contributed by atoms with E-state index in [1.165, 1.54) is 28.5 Å². The summed E-state index contributed by atoms with van der Waals surface area (Å²) in [5.41, 5.74) is 3.73. The molecule has 0 saturated carbocycles. The number of benzene rings is 3. The van der Waals surface area contributed by atoms with Crippen molar-refractivity contribution in [3.63, 3.8) is 0 Å². The first kappa shape index (κ1) is 23.0. The van der Waals surface area contributed by atoms with Gasteiger partial charge in [-0.1, -0.05) is 43.3 Å². The second-order valence-electron chi connectivity index (χ2n) is 8.40. The van der Waals surface area contributed by atoms with Crippen LogP contribution in [0.1, 0.15) is 23.6 Å². The average Bonchev–Trinajstić information content (AvgIpc) is 3.26. The van der Waals surface area contributed by atoms with Crippen LogP contribution < -0.4 is 5.32 Å². The van der Waals surface area contributed by atoms with Crippen LogP contribution in [-0.4, -0.2) is 44.8 Å². The maximum Gasteiger partial charge on any atom is 0.501 e. The lowest BCUT2D eigenvalue weighted by molar-refractivity contribution is -0.426. The zero-order valence-electron chi connectivity index (χ0n) is 19.0. The normalized spacial score (nSPS) is 16.9. The molecule has 176 valence electrons. The largest absolute Gasteiger partial charge is 0.501 e. The molecule has 0 radical (unpaired) electrons. The van der Waals surface area contributed by atoms with Crippen molar-refractivity contribution in [2.75, 3.05) is 11.9 Å². The lowest BCUT2D eigenvalue weighted by Crippen LogP contribution is -2.56. The van der Waals surface area contributed by atoms with Gasteiger partial charge in [-0.3, -0.25) is 4.79 Å². The Morgan fingerprint density at radius 3 is 2.40 bits per heavy atom. The lowest BCUT2D eigenvalue weighted by Gasteiger charge is -2.24. The van der Waals surface area contributed by atoms with E-state index < -0.39 is 17.1 Å². The van der Waals surface area contributed by atoms with E-state index in [-0.39, 0.29) is 24.9 Å². The molecule has 2 aliphatic heterocycles. The van der Waals surface area contributed by atoms with Crippen LogP contribution in [0.3, 0.4) is 0 Å². The summed E-state index contributed by atoms with van der Waals surface area (Å²) >= 11 is 1.37. The fourth-order valence-corrected chi connectivity index (χ4v) is 5.59. The average molecular weight is 489 g/mol. The summed E-state index contributed by atoms with van der Waals surface area (Å²) in [4.78, 5) is 42.0. The van der Waals surface area contributed by atoms with E-state index in [0.717, 1.165) is 27.3 Å². The third-order valence-electron chi connectivity index (χ3n) is 6.10. The topological polar surface area (TPSA) is 69.5 Å². The molecule has 2 aliphatic rings. The number of thioether (sulfide) groups is 1. The van der Waals surface area contributed by atoms with Crippen molar-refractivity contribution in [3.05, 3.63) is 95.3 Å². The van der Waals surface area contributed by atoms with Crippen LogP contribution in [0.4, 0.5) is 14.9 Å². The molecule has 35 heavy (non-hydrogen) atoms. The van der Waals surface area contributed by atoms with E-state index in [1.54, 1.807) is 12.1 Å². The van der Waals surface area contributed by atoms with Crippen LogP contribution >= 0.6 is 11.8 Å². The first-order valence-corrected chi connectivity index (χ1v) is 12.2. The Bertz CT molecular complexity index is 1350. The summed E-state index contributed by atoms with van der Waals surface area (Å²) in [6.45, 7) is 1.82. The molecule has 6 nitrogen and oxygen atoms in total. The third-order valence-corrected chi connectivity index (χ3v) is 7.37. The number of hydrogen-bond donors (Lipinski definition) is 1. The Morgan fingerprint density at radius 1 is 1.00 bits per heavy atom. The minimum absolute atomic E-state index is 0.00473. The molecule has 0 aliphatic carbocycles. The minimum Gasteiger partial charge on any atom is -0.323 e. The van der Waals surface area contributed by atoms with Crippen LogP contribution in [0.25, 0.3) is 0 Å². The lowest BCUT2D eigenvalue weighted by atomic mass is 10.0. The van der Waals surface area contributed by atoms with E-state index in [1.807, 2.05) is 48.5 Å². The predicted molar refractivity (Wildman–Crippen MR) is 132 cm³/mol. The van der Waals surface area contributed by atoms with E-state index in [0.29, 0.717) is 17.0 Å². The minimum atomic E-state index is -0.637. The number of imide groups is 1. The molecule has 3 aromatic rings. The van der Waals surface area contributed by atoms with Gasteiger partial charge in [0.1, 0.15) is 18.1 Å². The molecule has 2 heterocycles. The van der Waals surface area contributed by atoms with Crippen molar-refractivity contribution in [1.29, 1.82) is 0 Å². The maximum atomic E-state index is 13.6. The summed E-state index contributed by atoms with van der Waals surface area (Å²) in [6.07, 6.45) is 0.894. The van der Waals surface area contributed by atoms with Crippen LogP contribution in [0, 0.1) is 5.82 Å². The second kappa shape index (κ2) is 9.46. The molecule has 4 amide bonds. The Morgan fingerprint density at radius 2 is 1.69 bits per heavy atom. The Hall–Kier alpha value is -3.78. The van der Waals surface area contributed by atoms with Gasteiger partial charge in [0.15, 0.2) is 11.8 Å². The number of rotatable bonds is 6. The summed E-state index contributed by atoms with van der Waals surface area (Å²) < 4.78 is 14.8. The molecule has 5 rings (SSSR count). The second-order valence-corrected chi connectivity index (χ2v) is 9.54. The highest BCUT2D eigenvalue weighted by atomic mass is 32.2. The van der Waals surface area contributed by atoms with Crippen LogP contribution in [-0.2, 0) is 22.6 Å². The number of aryl methyl sites for hydroxylation is 1. The van der Waals surface area contributed by atoms with E-state index >= 15 is 0 Å². The first-order valence-electron chi connectivity index (χ1n) is 11.3. The number of nitrogens with one attached hydrogen (secondary N) is 1. The first-order chi connectivity index (χ1) is 16.9. The van der Waals surface area contributed by atoms with Crippen molar-refractivity contribution in [3.8, 4) is 0 Å². The summed E-state index contributed by atoms with van der Waals surface area (Å²) in [7, 11) is 0. The smallest absolute Gasteiger partial charge is 0.323 e. The van der Waals surface area contributed by atoms with Gasteiger partial charge in [0.2, 0.25) is 0 Å². The quantitative estimate of drug-likeness (QED) is 0.520. The van der Waals surface area contributed by atoms with E-state index in [2.05, 4.69) is 12.2 Å². The van der Waals surface area contributed by atoms with Gasteiger partial charge in [0.25, 0.3) is 5.91 Å². The monoisotopic (exact) mass is 488 g/mol. The molecular formula is C27H23FN3O3S+. The molecular weight excluding hydrogens is 465 g/mol. The van der Waals surface area contributed by atoms with Gasteiger partial charge in [0.05, 0.1) is 0 Å². The van der Waals surface area contributed by atoms with E-state index in [4.69, 9.17) is 0 Å². The summed E-state index contributed by atoms with van der Waals surface area (Å²) in [5.74, 6) is -1.10. The number of carbonyl (C=O) groups excluding carboxylic acids is 3. The Labute approximate surface area is 206 Å². The highest BCUT2D eigenvalue weighted by Crippen LogP contribution is 2.40. The molecule has 1 atom stereocenters. The van der Waals surface area contributed by atoms with Crippen LogP contribution in [0.2, 0.25) is 0 Å². The van der Waals surface area contributed by atoms with Crippen LogP contribution in [0.5, 0.6) is 0 Å². The van der Waals surface area contributed by atoms with Gasteiger partial charge < -0.3 is 5.32 Å². The zero-order valence-corrected chi connectivity index (χ0v) is 19.8.